The average molecular weight is 433 g/mol. The Morgan fingerprint density at radius 2 is 1.67 bits per heavy atom. The number of benzene rings is 2. The number of halogens is 3. The van der Waals surface area contributed by atoms with Crippen molar-refractivity contribution in [2.75, 3.05) is 13.1 Å². The van der Waals surface area contributed by atoms with Crippen molar-refractivity contribution in [2.45, 2.75) is 32.1 Å². The molecule has 1 saturated heterocycles. The zero-order valence-electron chi connectivity index (χ0n) is 16.4. The van der Waals surface area contributed by atoms with Crippen molar-refractivity contribution in [3.63, 3.8) is 0 Å². The Morgan fingerprint density at radius 3 is 2.33 bits per heavy atom. The fraction of sp³-hybridized carbons (Fsp3) is 0.364. The Morgan fingerprint density at radius 1 is 1.00 bits per heavy atom. The quantitative estimate of drug-likeness (QED) is 0.517. The second kappa shape index (κ2) is 8.73. The van der Waals surface area contributed by atoms with Crippen LogP contribution in [0.4, 0.5) is 13.2 Å². The van der Waals surface area contributed by atoms with Gasteiger partial charge in [0.05, 0.1) is 12.6 Å². The summed E-state index contributed by atoms with van der Waals surface area (Å²) in [7, 11) is 0. The van der Waals surface area contributed by atoms with Crippen molar-refractivity contribution in [3.05, 3.63) is 76.8 Å². The maximum atomic E-state index is 13.2. The van der Waals surface area contributed by atoms with Crippen LogP contribution in [0.25, 0.3) is 5.69 Å². The molecule has 0 saturated carbocycles. The molecular weight excluding hydrogens is 409 g/mol. The van der Waals surface area contributed by atoms with Gasteiger partial charge in [-0.1, -0.05) is 48.5 Å². The average Bonchev–Trinajstić information content (AvgIpc) is 3.03. The molecule has 0 bridgehead atoms. The molecule has 1 aliphatic heterocycles. The van der Waals surface area contributed by atoms with Crippen molar-refractivity contribution in [3.8, 4) is 5.69 Å². The predicted molar refractivity (Wildman–Crippen MR) is 112 cm³/mol. The van der Waals surface area contributed by atoms with E-state index < -0.39 is 12.1 Å². The van der Waals surface area contributed by atoms with E-state index in [1.807, 2.05) is 65.2 Å². The third-order valence-electron chi connectivity index (χ3n) is 5.43. The first-order valence-electron chi connectivity index (χ1n) is 9.99. The van der Waals surface area contributed by atoms with Gasteiger partial charge < -0.3 is 0 Å². The van der Waals surface area contributed by atoms with Crippen LogP contribution in [0, 0.1) is 10.7 Å². The second-order valence-corrected chi connectivity index (χ2v) is 8.00. The molecule has 0 spiro atoms. The fourth-order valence-corrected chi connectivity index (χ4v) is 4.22. The molecule has 0 amide bonds. The van der Waals surface area contributed by atoms with Crippen LogP contribution in [-0.4, -0.2) is 38.5 Å². The highest BCUT2D eigenvalue weighted by Crippen LogP contribution is 2.33. The maximum absolute atomic E-state index is 13.2. The molecule has 0 N–H and O–H groups in total. The van der Waals surface area contributed by atoms with Crippen molar-refractivity contribution >= 4 is 12.2 Å². The molecule has 30 heavy (non-hydrogen) atoms. The van der Waals surface area contributed by atoms with E-state index >= 15 is 0 Å². The van der Waals surface area contributed by atoms with Crippen molar-refractivity contribution < 1.29 is 13.2 Å². The molecule has 3 aromatic rings. The van der Waals surface area contributed by atoms with E-state index in [4.69, 9.17) is 17.3 Å². The highest BCUT2D eigenvalue weighted by Gasteiger charge is 2.41. The monoisotopic (exact) mass is 432 g/mol. The molecule has 8 heteroatoms. The lowest BCUT2D eigenvalue weighted by Crippen LogP contribution is -2.42. The zero-order valence-corrected chi connectivity index (χ0v) is 17.2. The van der Waals surface area contributed by atoms with E-state index in [1.165, 1.54) is 0 Å². The maximum Gasteiger partial charge on any atom is 0.393 e. The first-order chi connectivity index (χ1) is 14.4. The van der Waals surface area contributed by atoms with Crippen LogP contribution in [0.3, 0.4) is 0 Å². The number of rotatable bonds is 5. The third-order valence-corrected chi connectivity index (χ3v) is 5.82. The van der Waals surface area contributed by atoms with Gasteiger partial charge in [0.1, 0.15) is 5.82 Å². The van der Waals surface area contributed by atoms with Gasteiger partial charge in [0, 0.05) is 18.7 Å². The lowest BCUT2D eigenvalue weighted by atomic mass is 9.98. The highest BCUT2D eigenvalue weighted by molar-refractivity contribution is 7.71. The largest absolute Gasteiger partial charge is 0.393 e. The van der Waals surface area contributed by atoms with Crippen LogP contribution in [0.5, 0.6) is 0 Å². The van der Waals surface area contributed by atoms with Gasteiger partial charge in [-0.15, -0.1) is 0 Å². The topological polar surface area (TPSA) is 26.0 Å². The number of piperidine rings is 1. The van der Waals surface area contributed by atoms with Gasteiger partial charge in [-0.25, -0.2) is 4.68 Å². The number of nitrogens with zero attached hydrogens (tertiary/aromatic N) is 4. The fourth-order valence-electron chi connectivity index (χ4n) is 3.91. The summed E-state index contributed by atoms with van der Waals surface area (Å²) in [5, 5.41) is 4.72. The number of alkyl halides is 3. The summed E-state index contributed by atoms with van der Waals surface area (Å²) in [5.41, 5.74) is 1.99. The van der Waals surface area contributed by atoms with Crippen molar-refractivity contribution in [1.29, 1.82) is 0 Å². The van der Waals surface area contributed by atoms with Crippen LogP contribution < -0.4 is 0 Å². The van der Waals surface area contributed by atoms with E-state index in [9.17, 15) is 13.2 Å². The Kier molecular flexibility index (Phi) is 6.06. The van der Waals surface area contributed by atoms with Crippen LogP contribution in [-0.2, 0) is 13.1 Å². The van der Waals surface area contributed by atoms with Gasteiger partial charge in [-0.05, 0) is 49.3 Å². The summed E-state index contributed by atoms with van der Waals surface area (Å²) < 4.78 is 43.6. The standard InChI is InChI=1S/C22H23F3N4S/c23-22(24,25)18-10-7-13-27(15-18)16-28-21(30)29(19-11-5-2-6-12-19)20(26-28)14-17-8-3-1-4-9-17/h1-6,8-9,11-12,18H,7,10,13-16H2/t18-/m1/s1. The van der Waals surface area contributed by atoms with Crippen molar-refractivity contribution in [2.24, 2.45) is 5.92 Å². The molecule has 0 aliphatic carbocycles. The Bertz CT molecular complexity index is 1030. The molecule has 0 unspecified atom stereocenters. The summed E-state index contributed by atoms with van der Waals surface area (Å²) in [5.74, 6) is -0.526. The predicted octanol–water partition coefficient (Wildman–Crippen LogP) is 5.23. The molecule has 1 aliphatic rings. The van der Waals surface area contributed by atoms with Gasteiger partial charge in [-0.3, -0.25) is 9.47 Å². The molecule has 0 radical (unpaired) electrons. The van der Waals surface area contributed by atoms with Crippen LogP contribution in [0.1, 0.15) is 24.2 Å². The van der Waals surface area contributed by atoms with Crippen LogP contribution in [0.15, 0.2) is 60.7 Å². The molecule has 158 valence electrons. The number of para-hydroxylation sites is 1. The number of aromatic nitrogens is 3. The van der Waals surface area contributed by atoms with Gasteiger partial charge >= 0.3 is 6.18 Å². The van der Waals surface area contributed by atoms with Gasteiger partial charge in [0.2, 0.25) is 4.77 Å². The SMILES string of the molecule is FC(F)(F)[C@@H]1CCCN(Cn2nc(Cc3ccccc3)n(-c3ccccc3)c2=S)C1. The smallest absolute Gasteiger partial charge is 0.284 e. The van der Waals surface area contributed by atoms with Gasteiger partial charge in [0.15, 0.2) is 0 Å². The summed E-state index contributed by atoms with van der Waals surface area (Å²) in [6.07, 6.45) is -2.88. The lowest BCUT2D eigenvalue weighted by molar-refractivity contribution is -0.188. The summed E-state index contributed by atoms with van der Waals surface area (Å²) in [4.78, 5) is 1.80. The minimum atomic E-state index is -4.16. The Balaban J connectivity index is 1.65. The lowest BCUT2D eigenvalue weighted by Gasteiger charge is -2.33. The van der Waals surface area contributed by atoms with E-state index in [0.29, 0.717) is 24.2 Å². The Labute approximate surface area is 178 Å². The molecular formula is C22H23F3N4S. The summed E-state index contributed by atoms with van der Waals surface area (Å²) >= 11 is 5.70. The normalized spacial score (nSPS) is 17.9. The van der Waals surface area contributed by atoms with E-state index in [1.54, 1.807) is 9.58 Å². The Hall–Kier alpha value is -2.45. The summed E-state index contributed by atoms with van der Waals surface area (Å²) in [6, 6.07) is 19.6. The minimum Gasteiger partial charge on any atom is -0.284 e. The second-order valence-electron chi connectivity index (χ2n) is 7.63. The first-order valence-corrected chi connectivity index (χ1v) is 10.4. The molecule has 1 fully saturated rings. The zero-order chi connectivity index (χ0) is 21.1. The minimum absolute atomic E-state index is 0.0164. The van der Waals surface area contributed by atoms with Crippen LogP contribution in [0.2, 0.25) is 0 Å². The third kappa shape index (κ3) is 4.65. The van der Waals surface area contributed by atoms with Crippen LogP contribution >= 0.6 is 12.2 Å². The van der Waals surface area contributed by atoms with E-state index in [0.717, 1.165) is 17.1 Å². The molecule has 2 heterocycles. The van der Waals surface area contributed by atoms with Crippen molar-refractivity contribution in [1.82, 2.24) is 19.2 Å². The highest BCUT2D eigenvalue weighted by atomic mass is 32.1. The number of hydrogen-bond acceptors (Lipinski definition) is 3. The molecule has 4 nitrogen and oxygen atoms in total. The summed E-state index contributed by atoms with van der Waals surface area (Å²) in [6.45, 7) is 0.852. The van der Waals surface area contributed by atoms with E-state index in [-0.39, 0.29) is 19.6 Å². The first kappa shape index (κ1) is 20.8. The number of likely N-dealkylation sites (tertiary alicyclic amines) is 1. The van der Waals surface area contributed by atoms with Gasteiger partial charge in [-0.2, -0.15) is 18.3 Å². The molecule has 1 atom stereocenters. The molecule has 2 aromatic carbocycles. The number of hydrogen-bond donors (Lipinski definition) is 0. The molecule has 1 aromatic heterocycles. The molecule has 4 rings (SSSR count). The van der Waals surface area contributed by atoms with Gasteiger partial charge in [0.25, 0.3) is 0 Å². The van der Waals surface area contributed by atoms with E-state index in [2.05, 4.69) is 0 Å².